The SMILES string of the molecule is Cc1ccc(-c2ccc(O)c(O)c2N)cc1.O=COc1ccc(O)cc1. The van der Waals surface area contributed by atoms with E-state index in [4.69, 9.17) is 10.8 Å². The van der Waals surface area contributed by atoms with Gasteiger partial charge in [0, 0.05) is 5.56 Å². The molecular formula is C20H19NO5. The van der Waals surface area contributed by atoms with Gasteiger partial charge in [0.2, 0.25) is 0 Å². The summed E-state index contributed by atoms with van der Waals surface area (Å²) in [4.78, 5) is 9.77. The molecule has 0 atom stereocenters. The lowest BCUT2D eigenvalue weighted by atomic mass is 10.0. The van der Waals surface area contributed by atoms with E-state index in [0.717, 1.165) is 16.7 Å². The Morgan fingerprint density at radius 1 is 0.885 bits per heavy atom. The number of ether oxygens (including phenoxy) is 1. The first kappa shape index (κ1) is 18.7. The Morgan fingerprint density at radius 2 is 1.50 bits per heavy atom. The number of carbonyl (C=O) groups is 1. The number of nitrogens with two attached hydrogens (primary N) is 1. The fourth-order valence-electron chi connectivity index (χ4n) is 2.16. The van der Waals surface area contributed by atoms with Crippen molar-refractivity contribution in [1.82, 2.24) is 0 Å². The van der Waals surface area contributed by atoms with Crippen molar-refractivity contribution in [3.63, 3.8) is 0 Å². The Balaban J connectivity index is 0.000000209. The molecule has 0 fully saturated rings. The van der Waals surface area contributed by atoms with E-state index in [-0.39, 0.29) is 22.9 Å². The second-order valence-electron chi connectivity index (χ2n) is 5.47. The van der Waals surface area contributed by atoms with Crippen LogP contribution in [0.1, 0.15) is 5.56 Å². The quantitative estimate of drug-likeness (QED) is 0.325. The van der Waals surface area contributed by atoms with Crippen LogP contribution in [0.15, 0.2) is 60.7 Å². The van der Waals surface area contributed by atoms with E-state index >= 15 is 0 Å². The Morgan fingerprint density at radius 3 is 2.08 bits per heavy atom. The molecule has 3 aromatic rings. The number of benzene rings is 3. The molecule has 3 rings (SSSR count). The molecule has 0 heterocycles. The van der Waals surface area contributed by atoms with Crippen LogP contribution in [0.25, 0.3) is 11.1 Å². The summed E-state index contributed by atoms with van der Waals surface area (Å²) in [6.07, 6.45) is 0. The maximum Gasteiger partial charge on any atom is 0.298 e. The minimum atomic E-state index is -0.266. The highest BCUT2D eigenvalue weighted by molar-refractivity contribution is 5.82. The van der Waals surface area contributed by atoms with Gasteiger partial charge in [-0.25, -0.2) is 0 Å². The molecule has 0 radical (unpaired) electrons. The molecule has 5 N–H and O–H groups in total. The number of phenolic OH excluding ortho intramolecular Hbond substituents is 3. The van der Waals surface area contributed by atoms with Gasteiger partial charge >= 0.3 is 0 Å². The van der Waals surface area contributed by atoms with E-state index in [1.807, 2.05) is 31.2 Å². The molecule has 6 heteroatoms. The van der Waals surface area contributed by atoms with Gasteiger partial charge in [-0.15, -0.1) is 0 Å². The lowest BCUT2D eigenvalue weighted by molar-refractivity contribution is -0.120. The zero-order valence-electron chi connectivity index (χ0n) is 14.1. The molecule has 6 nitrogen and oxygen atoms in total. The molecule has 0 amide bonds. The van der Waals surface area contributed by atoms with Crippen molar-refractivity contribution in [3.8, 4) is 34.1 Å². The average Bonchev–Trinajstić information content (AvgIpc) is 2.64. The van der Waals surface area contributed by atoms with Gasteiger partial charge < -0.3 is 25.8 Å². The van der Waals surface area contributed by atoms with Crippen LogP contribution in [0.5, 0.6) is 23.0 Å². The highest BCUT2D eigenvalue weighted by atomic mass is 16.5. The largest absolute Gasteiger partial charge is 0.508 e. The van der Waals surface area contributed by atoms with E-state index in [1.54, 1.807) is 6.07 Å². The Labute approximate surface area is 150 Å². The highest BCUT2D eigenvalue weighted by Crippen LogP contribution is 2.38. The van der Waals surface area contributed by atoms with Gasteiger partial charge in [0.1, 0.15) is 11.5 Å². The van der Waals surface area contributed by atoms with Crippen molar-refractivity contribution in [2.45, 2.75) is 6.92 Å². The van der Waals surface area contributed by atoms with Crippen molar-refractivity contribution in [2.75, 3.05) is 5.73 Å². The molecule has 0 aromatic heterocycles. The lowest BCUT2D eigenvalue weighted by Gasteiger charge is -2.09. The van der Waals surface area contributed by atoms with Crippen LogP contribution in [-0.4, -0.2) is 21.8 Å². The molecule has 0 aliphatic carbocycles. The first-order valence-corrected chi connectivity index (χ1v) is 7.69. The molecule has 134 valence electrons. The average molecular weight is 353 g/mol. The number of nitrogen functional groups attached to an aromatic ring is 1. The van der Waals surface area contributed by atoms with Crippen LogP contribution in [0.3, 0.4) is 0 Å². The third-order valence-electron chi connectivity index (χ3n) is 3.58. The fraction of sp³-hybridized carbons (Fsp3) is 0.0500. The molecule has 0 saturated heterocycles. The van der Waals surface area contributed by atoms with Crippen LogP contribution in [0, 0.1) is 6.92 Å². The van der Waals surface area contributed by atoms with Crippen molar-refractivity contribution < 1.29 is 24.9 Å². The topological polar surface area (TPSA) is 113 Å². The van der Waals surface area contributed by atoms with Crippen molar-refractivity contribution in [1.29, 1.82) is 0 Å². The second kappa shape index (κ2) is 8.43. The third-order valence-corrected chi connectivity index (χ3v) is 3.58. The van der Waals surface area contributed by atoms with Crippen LogP contribution in [-0.2, 0) is 4.79 Å². The Bertz CT molecular complexity index is 874. The summed E-state index contributed by atoms with van der Waals surface area (Å²) in [6.45, 7) is 2.34. The Hall–Kier alpha value is -3.67. The molecule has 0 unspecified atom stereocenters. The number of rotatable bonds is 3. The summed E-state index contributed by atoms with van der Waals surface area (Å²) in [5.41, 5.74) is 8.73. The van der Waals surface area contributed by atoms with Crippen LogP contribution >= 0.6 is 0 Å². The zero-order valence-corrected chi connectivity index (χ0v) is 14.1. The second-order valence-corrected chi connectivity index (χ2v) is 5.47. The first-order chi connectivity index (χ1) is 12.4. The van der Waals surface area contributed by atoms with Gasteiger partial charge in [0.05, 0.1) is 5.69 Å². The summed E-state index contributed by atoms with van der Waals surface area (Å²) in [5, 5.41) is 27.6. The number of aryl methyl sites for hydroxylation is 1. The number of carbonyl (C=O) groups excluding carboxylic acids is 1. The maximum atomic E-state index is 9.77. The van der Waals surface area contributed by atoms with Crippen molar-refractivity contribution in [3.05, 3.63) is 66.2 Å². The predicted octanol–water partition coefficient (Wildman–Crippen LogP) is 3.58. The standard InChI is InChI=1S/C13H13NO2.C7H6O3/c1-8-2-4-9(5-3-8)10-6-7-11(15)13(16)12(10)14;8-5-10-7-3-1-6(9)2-4-7/h2-7,15-16H,14H2,1H3;1-5,9H. The number of hydrogen-bond donors (Lipinski definition) is 4. The normalized spacial score (nSPS) is 9.73. The highest BCUT2D eigenvalue weighted by Gasteiger charge is 2.10. The molecular weight excluding hydrogens is 334 g/mol. The molecule has 3 aromatic carbocycles. The summed E-state index contributed by atoms with van der Waals surface area (Å²) < 4.78 is 4.47. The van der Waals surface area contributed by atoms with Gasteiger partial charge in [-0.3, -0.25) is 4.79 Å². The maximum absolute atomic E-state index is 9.77. The number of phenols is 3. The van der Waals surface area contributed by atoms with E-state index in [0.29, 0.717) is 12.2 Å². The van der Waals surface area contributed by atoms with Gasteiger partial charge in [-0.05, 0) is 48.9 Å². The molecule has 0 bridgehead atoms. The number of aromatic hydroxyl groups is 3. The molecule has 0 aliphatic rings. The van der Waals surface area contributed by atoms with Crippen molar-refractivity contribution >= 4 is 12.2 Å². The smallest absolute Gasteiger partial charge is 0.298 e. The predicted molar refractivity (Wildman–Crippen MR) is 99.2 cm³/mol. The third kappa shape index (κ3) is 4.67. The number of anilines is 1. The Kier molecular flexibility index (Phi) is 6.06. The molecule has 0 spiro atoms. The lowest BCUT2D eigenvalue weighted by Crippen LogP contribution is -1.91. The number of hydrogen-bond acceptors (Lipinski definition) is 6. The van der Waals surface area contributed by atoms with Gasteiger partial charge in [0.15, 0.2) is 11.5 Å². The first-order valence-electron chi connectivity index (χ1n) is 7.69. The van der Waals surface area contributed by atoms with Gasteiger partial charge in [0.25, 0.3) is 6.47 Å². The summed E-state index contributed by atoms with van der Waals surface area (Å²) in [6, 6.07) is 16.8. The summed E-state index contributed by atoms with van der Waals surface area (Å²) in [7, 11) is 0. The molecule has 0 aliphatic heterocycles. The minimum absolute atomic E-state index is 0.151. The summed E-state index contributed by atoms with van der Waals surface area (Å²) in [5.74, 6) is 0.109. The van der Waals surface area contributed by atoms with Gasteiger partial charge in [-0.1, -0.05) is 29.8 Å². The summed E-state index contributed by atoms with van der Waals surface area (Å²) >= 11 is 0. The van der Waals surface area contributed by atoms with E-state index in [9.17, 15) is 15.0 Å². The van der Waals surface area contributed by atoms with E-state index in [2.05, 4.69) is 4.74 Å². The van der Waals surface area contributed by atoms with E-state index in [1.165, 1.54) is 30.3 Å². The van der Waals surface area contributed by atoms with Gasteiger partial charge in [-0.2, -0.15) is 0 Å². The van der Waals surface area contributed by atoms with Crippen LogP contribution in [0.4, 0.5) is 5.69 Å². The van der Waals surface area contributed by atoms with Crippen molar-refractivity contribution in [2.24, 2.45) is 0 Å². The van der Waals surface area contributed by atoms with Crippen LogP contribution in [0.2, 0.25) is 0 Å². The minimum Gasteiger partial charge on any atom is -0.508 e. The zero-order chi connectivity index (χ0) is 19.1. The fourth-order valence-corrected chi connectivity index (χ4v) is 2.16. The van der Waals surface area contributed by atoms with Crippen LogP contribution < -0.4 is 10.5 Å². The van der Waals surface area contributed by atoms with E-state index < -0.39 is 0 Å². The molecule has 0 saturated carbocycles. The monoisotopic (exact) mass is 353 g/mol. The molecule has 26 heavy (non-hydrogen) atoms.